The van der Waals surface area contributed by atoms with Crippen molar-refractivity contribution in [2.45, 2.75) is 74.0 Å². The van der Waals surface area contributed by atoms with Gasteiger partial charge in [0, 0.05) is 0 Å². The zero-order valence-electron chi connectivity index (χ0n) is 14.4. The van der Waals surface area contributed by atoms with Crippen LogP contribution in [0.5, 0.6) is 0 Å². The molecule has 0 amide bonds. The SMILES string of the molecule is CC(C)CS(=O)(=O)C(CC(C)(C)C)C(C)C(C)(C)C. The minimum absolute atomic E-state index is 0.0139. The van der Waals surface area contributed by atoms with Gasteiger partial charge in [-0.25, -0.2) is 8.42 Å². The van der Waals surface area contributed by atoms with Crippen molar-refractivity contribution in [3.05, 3.63) is 0 Å². The molecule has 0 aromatic heterocycles. The van der Waals surface area contributed by atoms with Gasteiger partial charge < -0.3 is 0 Å². The van der Waals surface area contributed by atoms with Gasteiger partial charge in [-0.05, 0) is 29.1 Å². The predicted molar refractivity (Wildman–Crippen MR) is 85.1 cm³/mol. The standard InChI is InChI=1S/C16H34O2S/c1-12(2)11-19(17,18)14(10-15(4,5)6)13(3)16(7,8)9/h12-14H,10-11H2,1-9H3. The summed E-state index contributed by atoms with van der Waals surface area (Å²) in [5.74, 6) is 0.656. The Kier molecular flexibility index (Phi) is 6.14. The summed E-state index contributed by atoms with van der Waals surface area (Å²) in [5, 5.41) is -0.241. The van der Waals surface area contributed by atoms with Gasteiger partial charge in [-0.3, -0.25) is 0 Å². The van der Waals surface area contributed by atoms with E-state index in [9.17, 15) is 8.42 Å². The molecule has 0 saturated carbocycles. The van der Waals surface area contributed by atoms with E-state index in [-0.39, 0.29) is 27.9 Å². The Labute approximate surface area is 121 Å². The van der Waals surface area contributed by atoms with Crippen molar-refractivity contribution in [1.82, 2.24) is 0 Å². The Morgan fingerprint density at radius 3 is 1.58 bits per heavy atom. The van der Waals surface area contributed by atoms with E-state index < -0.39 is 9.84 Å². The third kappa shape index (κ3) is 6.78. The molecule has 3 heteroatoms. The van der Waals surface area contributed by atoms with E-state index in [1.165, 1.54) is 0 Å². The van der Waals surface area contributed by atoms with Crippen LogP contribution in [0.1, 0.15) is 68.7 Å². The van der Waals surface area contributed by atoms with Crippen LogP contribution in [0.15, 0.2) is 0 Å². The molecule has 0 spiro atoms. The molecule has 0 saturated heterocycles. The average molecular weight is 291 g/mol. The molecule has 0 aromatic carbocycles. The fraction of sp³-hybridized carbons (Fsp3) is 1.00. The monoisotopic (exact) mass is 290 g/mol. The average Bonchev–Trinajstić information content (AvgIpc) is 2.07. The van der Waals surface area contributed by atoms with Gasteiger partial charge in [0.1, 0.15) is 0 Å². The first-order valence-corrected chi connectivity index (χ1v) is 9.10. The maximum atomic E-state index is 12.7. The molecule has 0 aromatic rings. The van der Waals surface area contributed by atoms with E-state index in [0.717, 1.165) is 6.42 Å². The first-order chi connectivity index (χ1) is 8.17. The van der Waals surface area contributed by atoms with Crippen molar-refractivity contribution in [3.8, 4) is 0 Å². The lowest BCUT2D eigenvalue weighted by Crippen LogP contribution is -2.40. The van der Waals surface area contributed by atoms with E-state index in [4.69, 9.17) is 0 Å². The van der Waals surface area contributed by atoms with E-state index in [2.05, 4.69) is 48.5 Å². The fourth-order valence-electron chi connectivity index (χ4n) is 2.36. The number of rotatable bonds is 5. The molecule has 0 heterocycles. The topological polar surface area (TPSA) is 34.1 Å². The maximum Gasteiger partial charge on any atom is 0.153 e. The highest BCUT2D eigenvalue weighted by Crippen LogP contribution is 2.38. The van der Waals surface area contributed by atoms with Crippen molar-refractivity contribution in [2.24, 2.45) is 22.7 Å². The summed E-state index contributed by atoms with van der Waals surface area (Å²) in [4.78, 5) is 0. The summed E-state index contributed by atoms with van der Waals surface area (Å²) in [6, 6.07) is 0. The second kappa shape index (κ2) is 6.15. The molecule has 2 nitrogen and oxygen atoms in total. The van der Waals surface area contributed by atoms with E-state index in [1.807, 2.05) is 13.8 Å². The van der Waals surface area contributed by atoms with Crippen molar-refractivity contribution < 1.29 is 8.42 Å². The minimum Gasteiger partial charge on any atom is -0.229 e. The van der Waals surface area contributed by atoms with Crippen molar-refractivity contribution in [2.75, 3.05) is 5.75 Å². The Hall–Kier alpha value is -0.0500. The smallest absolute Gasteiger partial charge is 0.153 e. The van der Waals surface area contributed by atoms with Gasteiger partial charge in [-0.15, -0.1) is 0 Å². The van der Waals surface area contributed by atoms with Gasteiger partial charge >= 0.3 is 0 Å². The van der Waals surface area contributed by atoms with Crippen LogP contribution >= 0.6 is 0 Å². The maximum absolute atomic E-state index is 12.7. The van der Waals surface area contributed by atoms with Gasteiger partial charge in [0.05, 0.1) is 11.0 Å². The highest BCUT2D eigenvalue weighted by molar-refractivity contribution is 7.92. The molecule has 2 atom stereocenters. The molecule has 0 fully saturated rings. The molecule has 0 aliphatic carbocycles. The summed E-state index contributed by atoms with van der Waals surface area (Å²) < 4.78 is 25.4. The van der Waals surface area contributed by atoms with Crippen LogP contribution < -0.4 is 0 Å². The van der Waals surface area contributed by atoms with Gasteiger partial charge in [0.2, 0.25) is 0 Å². The highest BCUT2D eigenvalue weighted by Gasteiger charge is 2.39. The Morgan fingerprint density at radius 2 is 1.32 bits per heavy atom. The van der Waals surface area contributed by atoms with Gasteiger partial charge in [-0.2, -0.15) is 0 Å². The van der Waals surface area contributed by atoms with E-state index >= 15 is 0 Å². The van der Waals surface area contributed by atoms with Crippen LogP contribution in [-0.2, 0) is 9.84 Å². The summed E-state index contributed by atoms with van der Waals surface area (Å²) >= 11 is 0. The molecule has 0 aliphatic heterocycles. The quantitative estimate of drug-likeness (QED) is 0.744. The van der Waals surface area contributed by atoms with Crippen molar-refractivity contribution >= 4 is 9.84 Å². The zero-order chi connectivity index (χ0) is 15.6. The molecule has 0 rings (SSSR count). The fourth-order valence-corrected chi connectivity index (χ4v) is 5.32. The molecule has 0 aliphatic rings. The molecule has 0 radical (unpaired) electrons. The van der Waals surface area contributed by atoms with Crippen molar-refractivity contribution in [3.63, 3.8) is 0 Å². The second-order valence-electron chi connectivity index (χ2n) is 8.68. The predicted octanol–water partition coefficient (Wildman–Crippen LogP) is 4.54. The lowest BCUT2D eigenvalue weighted by molar-refractivity contribution is 0.215. The van der Waals surface area contributed by atoms with Crippen LogP contribution in [0.25, 0.3) is 0 Å². The Morgan fingerprint density at radius 1 is 0.895 bits per heavy atom. The minimum atomic E-state index is -3.04. The molecule has 2 unspecified atom stereocenters. The third-order valence-electron chi connectivity index (χ3n) is 3.76. The van der Waals surface area contributed by atoms with Crippen LogP contribution in [0.2, 0.25) is 0 Å². The molecule has 19 heavy (non-hydrogen) atoms. The van der Waals surface area contributed by atoms with Gasteiger partial charge in [0.15, 0.2) is 9.84 Å². The normalized spacial score (nSPS) is 17.6. The molecular weight excluding hydrogens is 256 g/mol. The number of hydrogen-bond donors (Lipinski definition) is 0. The summed E-state index contributed by atoms with van der Waals surface area (Å²) in [6.07, 6.45) is 0.737. The first kappa shape index (κ1) is 18.9. The molecular formula is C16H34O2S. The summed E-state index contributed by atoms with van der Waals surface area (Å²) in [5.41, 5.74) is 0.0498. The lowest BCUT2D eigenvalue weighted by Gasteiger charge is -2.37. The zero-order valence-corrected chi connectivity index (χ0v) is 15.2. The lowest BCUT2D eigenvalue weighted by atomic mass is 9.76. The Balaban J connectivity index is 5.42. The third-order valence-corrected chi connectivity index (χ3v) is 6.39. The molecule has 116 valence electrons. The van der Waals surface area contributed by atoms with Crippen molar-refractivity contribution in [1.29, 1.82) is 0 Å². The highest BCUT2D eigenvalue weighted by atomic mass is 32.2. The largest absolute Gasteiger partial charge is 0.229 e. The second-order valence-corrected chi connectivity index (χ2v) is 10.9. The number of hydrogen-bond acceptors (Lipinski definition) is 2. The number of sulfone groups is 1. The molecule has 0 N–H and O–H groups in total. The van der Waals surface area contributed by atoms with Crippen LogP contribution in [0.4, 0.5) is 0 Å². The van der Waals surface area contributed by atoms with E-state index in [1.54, 1.807) is 0 Å². The van der Waals surface area contributed by atoms with E-state index in [0.29, 0.717) is 5.75 Å². The first-order valence-electron chi connectivity index (χ1n) is 7.38. The summed E-state index contributed by atoms with van der Waals surface area (Å²) in [6.45, 7) is 18.8. The van der Waals surface area contributed by atoms with Gasteiger partial charge in [-0.1, -0.05) is 62.3 Å². The summed E-state index contributed by atoms with van der Waals surface area (Å²) in [7, 11) is -3.04. The van der Waals surface area contributed by atoms with Gasteiger partial charge in [0.25, 0.3) is 0 Å². The molecule has 0 bridgehead atoms. The Bertz CT molecular complexity index is 367. The van der Waals surface area contributed by atoms with Crippen LogP contribution in [-0.4, -0.2) is 19.4 Å². The van der Waals surface area contributed by atoms with Crippen LogP contribution in [0, 0.1) is 22.7 Å². The van der Waals surface area contributed by atoms with Crippen LogP contribution in [0.3, 0.4) is 0 Å².